The molecule has 11 heteroatoms. The minimum atomic E-state index is -1.90. The van der Waals surface area contributed by atoms with Gasteiger partial charge in [0, 0.05) is 6.42 Å². The minimum Gasteiger partial charge on any atom is -0.469 e. The lowest BCUT2D eigenvalue weighted by molar-refractivity contribution is -0.142. The summed E-state index contributed by atoms with van der Waals surface area (Å²) >= 11 is 28.7. The monoisotopic (exact) mass is 445 g/mol. The molecule has 6 nitrogen and oxygen atoms in total. The first kappa shape index (κ1) is 22.1. The molecule has 0 radical (unpaired) electrons. The highest BCUT2D eigenvalue weighted by Gasteiger charge is 2.34. The second-order valence-electron chi connectivity index (χ2n) is 4.70. The van der Waals surface area contributed by atoms with Crippen LogP contribution in [-0.4, -0.2) is 34.1 Å². The summed E-state index contributed by atoms with van der Waals surface area (Å²) in [4.78, 5) is 23.0. The van der Waals surface area contributed by atoms with Crippen molar-refractivity contribution in [2.45, 2.75) is 22.8 Å². The summed E-state index contributed by atoms with van der Waals surface area (Å²) in [5, 5.41) is 8.49. The largest absolute Gasteiger partial charge is 0.469 e. The summed E-state index contributed by atoms with van der Waals surface area (Å²) in [6.45, 7) is 0. The molecule has 0 bridgehead atoms. The smallest absolute Gasteiger partial charge is 0.306 e. The van der Waals surface area contributed by atoms with Gasteiger partial charge in [0.1, 0.15) is 6.17 Å². The third kappa shape index (κ3) is 8.29. The number of methoxy groups -OCH3 is 1. The topological polar surface area (TPSA) is 79.5 Å². The van der Waals surface area contributed by atoms with E-state index in [9.17, 15) is 9.59 Å². The van der Waals surface area contributed by atoms with Gasteiger partial charge in [-0.3, -0.25) is 9.59 Å². The number of hydrogen-bond acceptors (Lipinski definition) is 4. The molecule has 138 valence electrons. The Balaban J connectivity index is 2.67. The Morgan fingerprint density at radius 2 is 1.84 bits per heavy atom. The number of carbonyl (C=O) groups excluding carboxylic acids is 2. The van der Waals surface area contributed by atoms with Gasteiger partial charge >= 0.3 is 5.97 Å². The van der Waals surface area contributed by atoms with E-state index in [0.29, 0.717) is 10.7 Å². The van der Waals surface area contributed by atoms with Gasteiger partial charge < -0.3 is 20.7 Å². The Morgan fingerprint density at radius 3 is 2.40 bits per heavy atom. The highest BCUT2D eigenvalue weighted by atomic mass is 35.6. The zero-order valence-corrected chi connectivity index (χ0v) is 16.8. The Hall–Kier alpha value is -0.990. The second-order valence-corrected chi connectivity index (χ2v) is 7.88. The number of hydrogen-bond donors (Lipinski definition) is 3. The molecule has 0 unspecified atom stereocenters. The molecule has 0 aliphatic carbocycles. The van der Waals surface area contributed by atoms with Crippen LogP contribution >= 0.6 is 58.6 Å². The standard InChI is InChI=1S/C14H15Cl4N3O3S/c1-24-11(23)7-6-10(22)20-12(14(16,17)18)21-13(25)19-9-5-3-2-4-8(9)15/h2-5,12H,6-7H2,1H3,(H,20,22)(H2,19,21,25)/t12-/m0/s1. The number of thiocarbonyl (C=S) groups is 1. The van der Waals surface area contributed by atoms with E-state index in [2.05, 4.69) is 20.7 Å². The van der Waals surface area contributed by atoms with E-state index in [1.165, 1.54) is 7.11 Å². The second kappa shape index (κ2) is 10.2. The van der Waals surface area contributed by atoms with Crippen LogP contribution in [0.5, 0.6) is 0 Å². The number of ether oxygens (including phenoxy) is 1. The van der Waals surface area contributed by atoms with E-state index in [1.807, 2.05) is 0 Å². The van der Waals surface area contributed by atoms with Crippen LogP contribution in [0.25, 0.3) is 0 Å². The number of nitrogens with one attached hydrogen (secondary N) is 3. The summed E-state index contributed by atoms with van der Waals surface area (Å²) in [6.07, 6.45) is -1.36. The highest BCUT2D eigenvalue weighted by molar-refractivity contribution is 7.80. The van der Waals surface area contributed by atoms with Crippen LogP contribution in [0, 0.1) is 0 Å². The molecule has 0 spiro atoms. The maximum Gasteiger partial charge on any atom is 0.306 e. The maximum absolute atomic E-state index is 11.9. The average molecular weight is 447 g/mol. The summed E-state index contributed by atoms with van der Waals surface area (Å²) in [7, 11) is 1.23. The molecular weight excluding hydrogens is 432 g/mol. The van der Waals surface area contributed by atoms with Crippen LogP contribution in [0.15, 0.2) is 24.3 Å². The van der Waals surface area contributed by atoms with Crippen molar-refractivity contribution in [1.82, 2.24) is 10.6 Å². The zero-order chi connectivity index (χ0) is 19.0. The Bertz CT molecular complexity index is 640. The molecule has 1 aromatic carbocycles. The molecule has 1 aromatic rings. The van der Waals surface area contributed by atoms with Gasteiger partial charge in [0.05, 0.1) is 24.2 Å². The summed E-state index contributed by atoms with van der Waals surface area (Å²) in [5.41, 5.74) is 0.543. The van der Waals surface area contributed by atoms with Crippen LogP contribution in [0.1, 0.15) is 12.8 Å². The molecule has 1 atom stereocenters. The van der Waals surface area contributed by atoms with E-state index in [0.717, 1.165) is 0 Å². The fourth-order valence-corrected chi connectivity index (χ4v) is 2.34. The molecule has 0 aliphatic heterocycles. The molecule has 0 saturated carbocycles. The van der Waals surface area contributed by atoms with Crippen molar-refractivity contribution < 1.29 is 14.3 Å². The number of esters is 1. The summed E-state index contributed by atoms with van der Waals surface area (Å²) < 4.78 is 2.56. The molecule has 0 aromatic heterocycles. The number of benzene rings is 1. The average Bonchev–Trinajstić information content (AvgIpc) is 2.53. The van der Waals surface area contributed by atoms with Crippen molar-refractivity contribution in [2.75, 3.05) is 12.4 Å². The Kier molecular flexibility index (Phi) is 9.02. The fraction of sp³-hybridized carbons (Fsp3) is 0.357. The van der Waals surface area contributed by atoms with Gasteiger partial charge in [0.2, 0.25) is 9.70 Å². The van der Waals surface area contributed by atoms with Crippen LogP contribution in [0.4, 0.5) is 5.69 Å². The normalized spacial score (nSPS) is 12.0. The molecule has 0 aliphatic rings. The van der Waals surface area contributed by atoms with Crippen LogP contribution < -0.4 is 16.0 Å². The van der Waals surface area contributed by atoms with Crippen molar-refractivity contribution in [2.24, 2.45) is 0 Å². The van der Waals surface area contributed by atoms with Crippen LogP contribution in [0.2, 0.25) is 5.02 Å². The van der Waals surface area contributed by atoms with Crippen LogP contribution in [-0.2, 0) is 14.3 Å². The highest BCUT2D eigenvalue weighted by Crippen LogP contribution is 2.29. The Morgan fingerprint density at radius 1 is 1.20 bits per heavy atom. The number of anilines is 1. The molecular formula is C14H15Cl4N3O3S. The number of rotatable bonds is 6. The van der Waals surface area contributed by atoms with Crippen molar-refractivity contribution in [3.8, 4) is 0 Å². The maximum atomic E-state index is 11.9. The first-order chi connectivity index (χ1) is 11.6. The number of carbonyl (C=O) groups is 2. The third-order valence-corrected chi connectivity index (χ3v) is 4.02. The van der Waals surface area contributed by atoms with Crippen LogP contribution in [0.3, 0.4) is 0 Å². The number of halogens is 4. The quantitative estimate of drug-likeness (QED) is 0.269. The van der Waals surface area contributed by atoms with Gasteiger partial charge in [-0.2, -0.15) is 0 Å². The molecule has 0 fully saturated rings. The lowest BCUT2D eigenvalue weighted by atomic mass is 10.3. The third-order valence-electron chi connectivity index (χ3n) is 2.81. The van der Waals surface area contributed by atoms with Crippen molar-refractivity contribution >= 4 is 81.3 Å². The lowest BCUT2D eigenvalue weighted by Gasteiger charge is -2.27. The van der Waals surface area contributed by atoms with Crippen molar-refractivity contribution in [1.29, 1.82) is 0 Å². The van der Waals surface area contributed by atoms with Crippen molar-refractivity contribution in [3.63, 3.8) is 0 Å². The predicted octanol–water partition coefficient (Wildman–Crippen LogP) is 3.39. The van der Waals surface area contributed by atoms with Crippen molar-refractivity contribution in [3.05, 3.63) is 29.3 Å². The van der Waals surface area contributed by atoms with E-state index >= 15 is 0 Å². The fourth-order valence-electron chi connectivity index (χ4n) is 1.60. The summed E-state index contributed by atoms with van der Waals surface area (Å²) in [6, 6.07) is 6.90. The first-order valence-electron chi connectivity index (χ1n) is 6.88. The van der Waals surface area contributed by atoms with Gasteiger partial charge in [-0.05, 0) is 24.4 Å². The number of alkyl halides is 3. The first-order valence-corrected chi connectivity index (χ1v) is 8.80. The van der Waals surface area contributed by atoms with Gasteiger partial charge in [-0.25, -0.2) is 0 Å². The molecule has 0 heterocycles. The van der Waals surface area contributed by atoms with E-state index < -0.39 is 21.8 Å². The molecule has 1 amide bonds. The molecule has 1 rings (SSSR count). The zero-order valence-electron chi connectivity index (χ0n) is 12.9. The predicted molar refractivity (Wildman–Crippen MR) is 104 cm³/mol. The van der Waals surface area contributed by atoms with Gasteiger partial charge in [-0.1, -0.05) is 58.5 Å². The van der Waals surface area contributed by atoms with Gasteiger partial charge in [-0.15, -0.1) is 0 Å². The van der Waals surface area contributed by atoms with E-state index in [1.54, 1.807) is 24.3 Å². The summed E-state index contributed by atoms with van der Waals surface area (Å²) in [5.74, 6) is -1.04. The van der Waals surface area contributed by atoms with E-state index in [-0.39, 0.29) is 18.0 Å². The molecule has 0 saturated heterocycles. The number of para-hydroxylation sites is 1. The minimum absolute atomic E-state index is 0.0812. The Labute approximate surface area is 170 Å². The van der Waals surface area contributed by atoms with Gasteiger partial charge in [0.15, 0.2) is 5.11 Å². The SMILES string of the molecule is COC(=O)CCC(=O)N[C@@H](NC(=S)Nc1ccccc1Cl)C(Cl)(Cl)Cl. The molecule has 25 heavy (non-hydrogen) atoms. The molecule has 3 N–H and O–H groups in total. The van der Waals surface area contributed by atoms with E-state index in [4.69, 9.17) is 58.6 Å². The van der Waals surface area contributed by atoms with Gasteiger partial charge in [0.25, 0.3) is 0 Å². The lowest BCUT2D eigenvalue weighted by Crippen LogP contribution is -2.56. The number of amides is 1.